The van der Waals surface area contributed by atoms with Crippen molar-refractivity contribution in [2.75, 3.05) is 10.8 Å². The average Bonchev–Trinajstić information content (AvgIpc) is 2.85. The predicted octanol–water partition coefficient (Wildman–Crippen LogP) is 5.28. The van der Waals surface area contributed by atoms with Crippen molar-refractivity contribution in [1.29, 1.82) is 0 Å². The highest BCUT2D eigenvalue weighted by Crippen LogP contribution is 2.25. The maximum absolute atomic E-state index is 13.9. The molecule has 0 bridgehead atoms. The Bertz CT molecular complexity index is 1370. The van der Waals surface area contributed by atoms with Crippen molar-refractivity contribution >= 4 is 43.5 Å². The first-order valence-corrected chi connectivity index (χ1v) is 14.5. The number of para-hydroxylation sites is 1. The molecule has 0 aliphatic rings. The summed E-state index contributed by atoms with van der Waals surface area (Å²) < 4.78 is 29.5. The van der Waals surface area contributed by atoms with E-state index in [0.717, 1.165) is 19.9 Å². The Morgan fingerprint density at radius 3 is 2.16 bits per heavy atom. The van der Waals surface area contributed by atoms with Gasteiger partial charge in [0.05, 0.1) is 10.6 Å². The van der Waals surface area contributed by atoms with E-state index in [4.69, 9.17) is 0 Å². The number of nitrogens with zero attached hydrogens (tertiary/aromatic N) is 2. The molecule has 0 aliphatic carbocycles. The lowest BCUT2D eigenvalue weighted by atomic mass is 10.1. The number of rotatable bonds is 9. The van der Waals surface area contributed by atoms with Crippen LogP contribution in [-0.2, 0) is 26.2 Å². The number of halogens is 1. The Labute approximate surface area is 234 Å². The van der Waals surface area contributed by atoms with E-state index in [9.17, 15) is 18.0 Å². The lowest BCUT2D eigenvalue weighted by molar-refractivity contribution is -0.140. The summed E-state index contributed by atoms with van der Waals surface area (Å²) in [5.41, 5.74) is 1.58. The van der Waals surface area contributed by atoms with Gasteiger partial charge in [0.2, 0.25) is 11.8 Å². The SMILES string of the molecule is Cc1ccc(S(=O)(=O)N(CC(=O)N(Cc2cccc(Br)c2)[C@@H](C)C(=O)NC(C)(C)C)c2ccccc2)cc1. The van der Waals surface area contributed by atoms with Gasteiger partial charge in [-0.3, -0.25) is 13.9 Å². The van der Waals surface area contributed by atoms with Crippen LogP contribution in [0.3, 0.4) is 0 Å². The van der Waals surface area contributed by atoms with E-state index in [0.29, 0.717) is 5.69 Å². The molecule has 7 nitrogen and oxygen atoms in total. The Balaban J connectivity index is 2.01. The summed E-state index contributed by atoms with van der Waals surface area (Å²) in [7, 11) is -4.08. The number of aryl methyl sites for hydroxylation is 1. The zero-order valence-corrected chi connectivity index (χ0v) is 24.7. The van der Waals surface area contributed by atoms with Crippen molar-refractivity contribution in [1.82, 2.24) is 10.2 Å². The molecular formula is C29H34BrN3O4S. The van der Waals surface area contributed by atoms with Gasteiger partial charge < -0.3 is 10.2 Å². The number of carbonyl (C=O) groups excluding carboxylic acids is 2. The van der Waals surface area contributed by atoms with Gasteiger partial charge in [0.25, 0.3) is 10.0 Å². The van der Waals surface area contributed by atoms with E-state index in [1.807, 2.05) is 52.0 Å². The Morgan fingerprint density at radius 1 is 0.947 bits per heavy atom. The zero-order valence-electron chi connectivity index (χ0n) is 22.3. The van der Waals surface area contributed by atoms with E-state index in [1.165, 1.54) is 17.0 Å². The molecule has 0 unspecified atom stereocenters. The molecule has 1 N–H and O–H groups in total. The van der Waals surface area contributed by atoms with E-state index >= 15 is 0 Å². The number of benzene rings is 3. The second-order valence-electron chi connectivity index (χ2n) is 10.2. The number of hydrogen-bond acceptors (Lipinski definition) is 4. The molecule has 3 rings (SSSR count). The monoisotopic (exact) mass is 599 g/mol. The molecule has 0 aliphatic heterocycles. The third-order valence-electron chi connectivity index (χ3n) is 5.84. The fourth-order valence-electron chi connectivity index (χ4n) is 3.85. The minimum absolute atomic E-state index is 0.0804. The first-order valence-electron chi connectivity index (χ1n) is 12.3. The first kappa shape index (κ1) is 29.4. The average molecular weight is 601 g/mol. The smallest absolute Gasteiger partial charge is 0.264 e. The second kappa shape index (κ2) is 12.1. The third-order valence-corrected chi connectivity index (χ3v) is 8.12. The van der Waals surface area contributed by atoms with Crippen LogP contribution in [0.5, 0.6) is 0 Å². The molecule has 3 aromatic rings. The first-order chi connectivity index (χ1) is 17.8. The van der Waals surface area contributed by atoms with Gasteiger partial charge in [-0.2, -0.15) is 0 Å². The molecule has 1 atom stereocenters. The minimum Gasteiger partial charge on any atom is -0.350 e. The van der Waals surface area contributed by atoms with E-state index in [-0.39, 0.29) is 17.3 Å². The Morgan fingerprint density at radius 2 is 1.58 bits per heavy atom. The van der Waals surface area contributed by atoms with Gasteiger partial charge in [-0.25, -0.2) is 8.42 Å². The van der Waals surface area contributed by atoms with Crippen molar-refractivity contribution in [2.24, 2.45) is 0 Å². The van der Waals surface area contributed by atoms with Crippen molar-refractivity contribution in [3.05, 3.63) is 94.5 Å². The molecule has 0 fully saturated rings. The van der Waals surface area contributed by atoms with E-state index in [2.05, 4.69) is 21.2 Å². The second-order valence-corrected chi connectivity index (χ2v) is 13.0. The molecule has 0 saturated heterocycles. The van der Waals surface area contributed by atoms with Gasteiger partial charge >= 0.3 is 0 Å². The van der Waals surface area contributed by atoms with Crippen LogP contribution in [0.2, 0.25) is 0 Å². The van der Waals surface area contributed by atoms with Crippen LogP contribution in [0.25, 0.3) is 0 Å². The molecule has 0 heterocycles. The maximum atomic E-state index is 13.9. The van der Waals surface area contributed by atoms with Crippen LogP contribution in [0.1, 0.15) is 38.8 Å². The fourth-order valence-corrected chi connectivity index (χ4v) is 5.71. The quantitative estimate of drug-likeness (QED) is 0.362. The normalized spacial score (nSPS) is 12.5. The largest absolute Gasteiger partial charge is 0.350 e. The predicted molar refractivity (Wildman–Crippen MR) is 154 cm³/mol. The van der Waals surface area contributed by atoms with Gasteiger partial charge in [-0.15, -0.1) is 0 Å². The molecule has 2 amide bonds. The molecule has 9 heteroatoms. The zero-order chi connectivity index (χ0) is 28.1. The summed E-state index contributed by atoms with van der Waals surface area (Å²) in [6.07, 6.45) is 0. The van der Waals surface area contributed by atoms with Crippen molar-refractivity contribution in [2.45, 2.75) is 57.6 Å². The highest BCUT2D eigenvalue weighted by Gasteiger charge is 2.33. The lowest BCUT2D eigenvalue weighted by Gasteiger charge is -2.33. The van der Waals surface area contributed by atoms with Crippen molar-refractivity contribution in [3.63, 3.8) is 0 Å². The van der Waals surface area contributed by atoms with Crippen LogP contribution in [-0.4, -0.2) is 43.3 Å². The van der Waals surface area contributed by atoms with E-state index in [1.54, 1.807) is 49.4 Å². The molecule has 38 heavy (non-hydrogen) atoms. The number of sulfonamides is 1. The number of anilines is 1. The van der Waals surface area contributed by atoms with Gasteiger partial charge in [-0.1, -0.05) is 64.0 Å². The standard InChI is InChI=1S/C29H34BrN3O4S/c1-21-14-16-26(17-15-21)38(36,37)33(25-12-7-6-8-13-25)20-27(34)32(19-23-10-9-11-24(30)18-23)22(2)28(35)31-29(3,4)5/h6-18,22H,19-20H2,1-5H3,(H,31,35)/t22-/m0/s1. The highest BCUT2D eigenvalue weighted by atomic mass is 79.9. The molecule has 202 valence electrons. The van der Waals surface area contributed by atoms with Crippen LogP contribution in [0.15, 0.2) is 88.2 Å². The van der Waals surface area contributed by atoms with E-state index < -0.39 is 34.1 Å². The Hall–Kier alpha value is -3.17. The van der Waals surface area contributed by atoms with Crippen LogP contribution >= 0.6 is 15.9 Å². The van der Waals surface area contributed by atoms with Crippen molar-refractivity contribution in [3.8, 4) is 0 Å². The van der Waals surface area contributed by atoms with Gasteiger partial charge in [0.1, 0.15) is 12.6 Å². The molecule has 0 spiro atoms. The molecule has 0 radical (unpaired) electrons. The minimum atomic E-state index is -4.08. The summed E-state index contributed by atoms with van der Waals surface area (Å²) in [6, 6.07) is 21.6. The van der Waals surface area contributed by atoms with Gasteiger partial charge in [-0.05, 0) is 76.6 Å². The summed E-state index contributed by atoms with van der Waals surface area (Å²) in [6.45, 7) is 8.78. The molecular weight excluding hydrogens is 566 g/mol. The van der Waals surface area contributed by atoms with Crippen LogP contribution < -0.4 is 9.62 Å². The van der Waals surface area contributed by atoms with Crippen LogP contribution in [0, 0.1) is 6.92 Å². The Kier molecular flexibility index (Phi) is 9.38. The highest BCUT2D eigenvalue weighted by molar-refractivity contribution is 9.10. The summed E-state index contributed by atoms with van der Waals surface area (Å²) in [5.74, 6) is -0.824. The van der Waals surface area contributed by atoms with Gasteiger partial charge in [0.15, 0.2) is 0 Å². The number of amides is 2. The summed E-state index contributed by atoms with van der Waals surface area (Å²) in [5, 5.41) is 2.92. The summed E-state index contributed by atoms with van der Waals surface area (Å²) >= 11 is 3.45. The third kappa shape index (κ3) is 7.68. The maximum Gasteiger partial charge on any atom is 0.264 e. The summed E-state index contributed by atoms with van der Waals surface area (Å²) in [4.78, 5) is 28.5. The molecule has 0 aromatic heterocycles. The number of carbonyl (C=O) groups is 2. The van der Waals surface area contributed by atoms with Gasteiger partial charge in [0, 0.05) is 16.6 Å². The van der Waals surface area contributed by atoms with Crippen molar-refractivity contribution < 1.29 is 18.0 Å². The number of nitrogens with one attached hydrogen (secondary N) is 1. The number of hydrogen-bond donors (Lipinski definition) is 1. The topological polar surface area (TPSA) is 86.8 Å². The molecule has 3 aromatic carbocycles. The molecule has 0 saturated carbocycles. The van der Waals surface area contributed by atoms with Crippen LogP contribution in [0.4, 0.5) is 5.69 Å². The fraction of sp³-hybridized carbons (Fsp3) is 0.310. The lowest BCUT2D eigenvalue weighted by Crippen LogP contribution is -2.54.